The van der Waals surface area contributed by atoms with E-state index in [0.29, 0.717) is 32.0 Å². The number of carbonyl (C=O) groups is 1. The highest BCUT2D eigenvalue weighted by Crippen LogP contribution is 2.45. The lowest BCUT2D eigenvalue weighted by molar-refractivity contribution is 0.0747. The number of thioether (sulfide) groups is 1. The van der Waals surface area contributed by atoms with Crippen LogP contribution in [0.2, 0.25) is 0 Å². The fourth-order valence-corrected chi connectivity index (χ4v) is 4.53. The van der Waals surface area contributed by atoms with E-state index in [2.05, 4.69) is 26.0 Å². The highest BCUT2D eigenvalue weighted by Gasteiger charge is 2.36. The number of para-hydroxylation sites is 1. The van der Waals surface area contributed by atoms with Crippen LogP contribution in [0.5, 0.6) is 5.75 Å². The van der Waals surface area contributed by atoms with Gasteiger partial charge in [0, 0.05) is 28.0 Å². The number of amides is 1. The van der Waals surface area contributed by atoms with Gasteiger partial charge in [0.1, 0.15) is 28.1 Å². The summed E-state index contributed by atoms with van der Waals surface area (Å²) in [4.78, 5) is 17.4. The molecule has 9 heteroatoms. The molecule has 2 heterocycles. The van der Waals surface area contributed by atoms with Crippen molar-refractivity contribution in [1.82, 2.24) is 9.99 Å². The highest BCUT2D eigenvalue weighted by atomic mass is 79.9. The van der Waals surface area contributed by atoms with Gasteiger partial charge in [0.2, 0.25) is 0 Å². The van der Waals surface area contributed by atoms with Crippen molar-refractivity contribution < 1.29 is 13.9 Å². The van der Waals surface area contributed by atoms with Crippen LogP contribution in [-0.4, -0.2) is 27.6 Å². The van der Waals surface area contributed by atoms with Gasteiger partial charge in [0.25, 0.3) is 5.91 Å². The van der Waals surface area contributed by atoms with Gasteiger partial charge in [-0.2, -0.15) is 10.4 Å². The maximum absolute atomic E-state index is 13.4. The molecule has 154 valence electrons. The number of pyridine rings is 1. The third-order valence-electron chi connectivity index (χ3n) is 4.37. The van der Waals surface area contributed by atoms with Gasteiger partial charge in [-0.05, 0) is 52.3 Å². The fourth-order valence-electron chi connectivity index (χ4n) is 2.98. The smallest absolute Gasteiger partial charge is 0.277 e. The van der Waals surface area contributed by atoms with E-state index >= 15 is 0 Å². The van der Waals surface area contributed by atoms with Crippen molar-refractivity contribution in [2.75, 3.05) is 6.61 Å². The Labute approximate surface area is 190 Å². The molecule has 2 aromatic carbocycles. The second kappa shape index (κ2) is 9.29. The predicted octanol–water partition coefficient (Wildman–Crippen LogP) is 5.14. The average molecular weight is 497 g/mol. The Bertz CT molecular complexity index is 1200. The molecule has 0 spiro atoms. The number of hydrazone groups is 1. The lowest BCUT2D eigenvalue weighted by atomic mass is 10.1. The molecule has 0 fully saturated rings. The van der Waals surface area contributed by atoms with E-state index in [9.17, 15) is 9.18 Å². The fraction of sp³-hybridized carbons (Fsp3) is 0.0909. The first-order valence-corrected chi connectivity index (χ1v) is 10.8. The Morgan fingerprint density at radius 3 is 2.74 bits per heavy atom. The minimum Gasteiger partial charge on any atom is -0.478 e. The molecule has 1 aliphatic rings. The van der Waals surface area contributed by atoms with Crippen LogP contribution >= 0.6 is 27.7 Å². The third kappa shape index (κ3) is 4.60. The van der Waals surface area contributed by atoms with Crippen LogP contribution < -0.4 is 4.74 Å². The van der Waals surface area contributed by atoms with Crippen molar-refractivity contribution in [1.29, 1.82) is 5.26 Å². The van der Waals surface area contributed by atoms with E-state index in [1.165, 1.54) is 35.1 Å². The summed E-state index contributed by atoms with van der Waals surface area (Å²) in [5.74, 6) is -0.215. The lowest BCUT2D eigenvalue weighted by Crippen LogP contribution is -2.26. The maximum Gasteiger partial charge on any atom is 0.277 e. The van der Waals surface area contributed by atoms with Crippen LogP contribution in [0.1, 0.15) is 26.9 Å². The summed E-state index contributed by atoms with van der Waals surface area (Å²) in [5, 5.41) is 14.8. The molecule has 31 heavy (non-hydrogen) atoms. The number of ether oxygens (including phenoxy) is 1. The molecule has 0 saturated carbocycles. The van der Waals surface area contributed by atoms with Crippen LogP contribution in [-0.2, 0) is 0 Å². The second-order valence-corrected chi connectivity index (χ2v) is 8.39. The molecule has 0 radical (unpaired) electrons. The van der Waals surface area contributed by atoms with Gasteiger partial charge < -0.3 is 4.74 Å². The van der Waals surface area contributed by atoms with Gasteiger partial charge in [-0.15, -0.1) is 0 Å². The molecular formula is C22H14BrFN4O2S. The van der Waals surface area contributed by atoms with E-state index in [1.54, 1.807) is 36.5 Å². The summed E-state index contributed by atoms with van der Waals surface area (Å²) in [7, 11) is 0. The van der Waals surface area contributed by atoms with Crippen molar-refractivity contribution in [3.8, 4) is 11.8 Å². The van der Waals surface area contributed by atoms with Crippen molar-refractivity contribution in [2.45, 2.75) is 5.37 Å². The Morgan fingerprint density at radius 2 is 2.00 bits per heavy atom. The van der Waals surface area contributed by atoms with E-state index in [1.807, 2.05) is 18.2 Å². The Hall–Kier alpha value is -3.22. The molecule has 1 unspecified atom stereocenters. The molecule has 4 rings (SSSR count). The number of hydrogen-bond donors (Lipinski definition) is 0. The molecule has 3 aromatic rings. The lowest BCUT2D eigenvalue weighted by Gasteiger charge is -2.22. The van der Waals surface area contributed by atoms with E-state index in [0.717, 1.165) is 0 Å². The topological polar surface area (TPSA) is 78.6 Å². The summed E-state index contributed by atoms with van der Waals surface area (Å²) >= 11 is 4.68. The number of aromatic nitrogens is 1. The van der Waals surface area contributed by atoms with Crippen LogP contribution in [0.25, 0.3) is 0 Å². The van der Waals surface area contributed by atoms with E-state index in [-0.39, 0.29) is 18.3 Å². The standard InChI is InChI=1S/C22H14BrFN4O2S/c23-16-11-15(12-26-13-16)21(29)28-22(18-3-1-2-4-19(18)30-10-9-25)31-20(27-28)14-5-7-17(24)8-6-14/h1-8,11-13,22H,10H2. The average Bonchev–Trinajstić information content (AvgIpc) is 3.23. The normalized spacial score (nSPS) is 15.3. The summed E-state index contributed by atoms with van der Waals surface area (Å²) in [6.07, 6.45) is 3.06. The van der Waals surface area contributed by atoms with Gasteiger partial charge in [-0.25, -0.2) is 9.40 Å². The summed E-state index contributed by atoms with van der Waals surface area (Å²) in [6, 6.07) is 16.7. The SMILES string of the molecule is N#CCOc1ccccc1C1SC(c2ccc(F)cc2)=NN1C(=O)c1cncc(Br)c1. The van der Waals surface area contributed by atoms with E-state index < -0.39 is 5.37 Å². The highest BCUT2D eigenvalue weighted by molar-refractivity contribution is 9.10. The Kier molecular flexibility index (Phi) is 6.30. The quantitative estimate of drug-likeness (QED) is 0.488. The molecule has 1 aliphatic heterocycles. The first-order valence-electron chi connectivity index (χ1n) is 9.11. The number of hydrogen-bond acceptors (Lipinski definition) is 6. The largest absolute Gasteiger partial charge is 0.478 e. The van der Waals surface area contributed by atoms with E-state index in [4.69, 9.17) is 10.00 Å². The van der Waals surface area contributed by atoms with Gasteiger partial charge in [-0.3, -0.25) is 9.78 Å². The van der Waals surface area contributed by atoms with Crippen molar-refractivity contribution in [2.24, 2.45) is 5.10 Å². The minimum atomic E-state index is -0.540. The summed E-state index contributed by atoms with van der Waals surface area (Å²) < 4.78 is 19.6. The molecule has 0 saturated heterocycles. The zero-order chi connectivity index (χ0) is 21.8. The minimum absolute atomic E-state index is 0.121. The monoisotopic (exact) mass is 496 g/mol. The van der Waals surface area contributed by atoms with Crippen molar-refractivity contribution >= 4 is 38.6 Å². The number of halogens is 2. The summed E-state index contributed by atoms with van der Waals surface area (Å²) in [6.45, 7) is -0.121. The van der Waals surface area contributed by atoms with Gasteiger partial charge in [-0.1, -0.05) is 30.0 Å². The molecular weight excluding hydrogens is 483 g/mol. The molecule has 0 aliphatic carbocycles. The van der Waals surface area contributed by atoms with Crippen LogP contribution in [0.4, 0.5) is 4.39 Å². The second-order valence-electron chi connectivity index (χ2n) is 6.41. The van der Waals surface area contributed by atoms with Crippen LogP contribution in [0.3, 0.4) is 0 Å². The molecule has 6 nitrogen and oxygen atoms in total. The maximum atomic E-state index is 13.4. The number of rotatable bonds is 5. The Balaban J connectivity index is 1.76. The van der Waals surface area contributed by atoms with Crippen molar-refractivity contribution in [3.63, 3.8) is 0 Å². The number of benzene rings is 2. The van der Waals surface area contributed by atoms with Gasteiger partial charge in [0.05, 0.1) is 5.56 Å². The van der Waals surface area contributed by atoms with Gasteiger partial charge in [0.15, 0.2) is 6.61 Å². The third-order valence-corrected chi connectivity index (χ3v) is 6.02. The molecule has 0 N–H and O–H groups in total. The molecule has 0 bridgehead atoms. The first kappa shape index (κ1) is 21.0. The van der Waals surface area contributed by atoms with Crippen LogP contribution in [0.15, 0.2) is 76.6 Å². The number of carbonyl (C=O) groups excluding carboxylic acids is 1. The zero-order valence-corrected chi connectivity index (χ0v) is 18.3. The Morgan fingerprint density at radius 1 is 1.23 bits per heavy atom. The first-order chi connectivity index (χ1) is 15.1. The number of nitriles is 1. The zero-order valence-electron chi connectivity index (χ0n) is 15.9. The molecule has 1 aromatic heterocycles. The van der Waals surface area contributed by atoms with Crippen LogP contribution in [0, 0.1) is 17.1 Å². The number of nitrogens with zero attached hydrogens (tertiary/aromatic N) is 4. The molecule has 1 atom stereocenters. The van der Waals surface area contributed by atoms with Crippen molar-refractivity contribution in [3.05, 3.63) is 94.0 Å². The molecule has 1 amide bonds. The predicted molar refractivity (Wildman–Crippen MR) is 119 cm³/mol. The van der Waals surface area contributed by atoms with Gasteiger partial charge >= 0.3 is 0 Å². The summed E-state index contributed by atoms with van der Waals surface area (Å²) in [5.41, 5.74) is 1.74.